The van der Waals surface area contributed by atoms with Crippen molar-refractivity contribution in [2.45, 2.75) is 13.8 Å². The number of rotatable bonds is 4. The van der Waals surface area contributed by atoms with E-state index in [1.54, 1.807) is 24.3 Å². The molecular weight excluding hydrogens is 393 g/mol. The van der Waals surface area contributed by atoms with E-state index in [4.69, 9.17) is 23.2 Å². The molecule has 3 rings (SSSR count). The van der Waals surface area contributed by atoms with E-state index in [1.807, 2.05) is 56.3 Å². The van der Waals surface area contributed by atoms with Gasteiger partial charge >= 0.3 is 0 Å². The zero-order valence-corrected chi connectivity index (χ0v) is 16.8. The zero-order chi connectivity index (χ0) is 20.3. The van der Waals surface area contributed by atoms with Crippen LogP contribution >= 0.6 is 23.2 Å². The molecule has 6 heteroatoms. The number of anilines is 1. The lowest BCUT2D eigenvalue weighted by molar-refractivity contribution is -0.112. The molecule has 0 aliphatic heterocycles. The molecule has 1 N–H and O–H groups in total. The van der Waals surface area contributed by atoms with Gasteiger partial charge in [0.2, 0.25) is 0 Å². The van der Waals surface area contributed by atoms with Crippen LogP contribution in [0.5, 0.6) is 0 Å². The lowest BCUT2D eigenvalue weighted by Crippen LogP contribution is -2.14. The first-order valence-corrected chi connectivity index (χ1v) is 9.29. The highest BCUT2D eigenvalue weighted by molar-refractivity contribution is 6.40. The van der Waals surface area contributed by atoms with Gasteiger partial charge in [0.15, 0.2) is 0 Å². The van der Waals surface area contributed by atoms with Gasteiger partial charge in [0, 0.05) is 17.1 Å². The molecule has 0 radical (unpaired) electrons. The fraction of sp³-hybridized carbons (Fsp3) is 0.0909. The van der Waals surface area contributed by atoms with E-state index in [0.717, 1.165) is 22.6 Å². The number of nitrogens with one attached hydrogen (secondary N) is 1. The number of nitrogens with zero attached hydrogens (tertiary/aromatic N) is 2. The highest BCUT2D eigenvalue weighted by Crippen LogP contribution is 2.30. The highest BCUT2D eigenvalue weighted by Gasteiger charge is 2.16. The number of para-hydroxylation sites is 2. The van der Waals surface area contributed by atoms with Gasteiger partial charge in [-0.3, -0.25) is 4.79 Å². The Labute approximate surface area is 173 Å². The van der Waals surface area contributed by atoms with E-state index >= 15 is 0 Å². The molecule has 0 bridgehead atoms. The van der Waals surface area contributed by atoms with E-state index in [1.165, 1.54) is 0 Å². The Balaban J connectivity index is 1.96. The van der Waals surface area contributed by atoms with Crippen LogP contribution in [0.2, 0.25) is 10.0 Å². The summed E-state index contributed by atoms with van der Waals surface area (Å²) in [5.74, 6) is -0.568. The smallest absolute Gasteiger partial charge is 0.266 e. The zero-order valence-electron chi connectivity index (χ0n) is 15.3. The van der Waals surface area contributed by atoms with Crippen LogP contribution in [0, 0.1) is 25.2 Å². The predicted octanol–water partition coefficient (Wildman–Crippen LogP) is 5.95. The average Bonchev–Trinajstić information content (AvgIpc) is 2.96. The molecular formula is C22H17Cl2N3O. The predicted molar refractivity (Wildman–Crippen MR) is 114 cm³/mol. The number of aryl methyl sites for hydroxylation is 1. The van der Waals surface area contributed by atoms with Gasteiger partial charge < -0.3 is 9.88 Å². The van der Waals surface area contributed by atoms with Crippen molar-refractivity contribution in [3.05, 3.63) is 87.2 Å². The Hall–Kier alpha value is -3.00. The SMILES string of the molecule is Cc1cc(/C=C(\C#N)C(=O)Nc2c(Cl)cccc2Cl)c(C)n1-c1ccccc1. The van der Waals surface area contributed by atoms with Crippen LogP contribution in [-0.4, -0.2) is 10.5 Å². The number of nitriles is 1. The maximum absolute atomic E-state index is 12.6. The molecule has 1 aromatic heterocycles. The summed E-state index contributed by atoms with van der Waals surface area (Å²) < 4.78 is 2.07. The van der Waals surface area contributed by atoms with E-state index in [2.05, 4.69) is 9.88 Å². The Morgan fingerprint density at radius 1 is 1.07 bits per heavy atom. The van der Waals surface area contributed by atoms with Gasteiger partial charge in [-0.1, -0.05) is 47.5 Å². The number of amides is 1. The van der Waals surface area contributed by atoms with Gasteiger partial charge in [0.1, 0.15) is 11.6 Å². The van der Waals surface area contributed by atoms with Crippen molar-refractivity contribution in [2.24, 2.45) is 0 Å². The molecule has 0 saturated carbocycles. The van der Waals surface area contributed by atoms with Gasteiger partial charge in [-0.25, -0.2) is 0 Å². The summed E-state index contributed by atoms with van der Waals surface area (Å²) in [7, 11) is 0. The summed E-state index contributed by atoms with van der Waals surface area (Å²) in [6.07, 6.45) is 1.57. The molecule has 0 spiro atoms. The summed E-state index contributed by atoms with van der Waals surface area (Å²) in [5, 5.41) is 12.7. The number of hydrogen-bond donors (Lipinski definition) is 1. The van der Waals surface area contributed by atoms with Crippen molar-refractivity contribution in [3.63, 3.8) is 0 Å². The van der Waals surface area contributed by atoms with Gasteiger partial charge in [0.05, 0.1) is 15.7 Å². The number of benzene rings is 2. The topological polar surface area (TPSA) is 57.8 Å². The standard InChI is InChI=1S/C22H17Cl2N3O/c1-14-11-16(15(2)27(14)18-7-4-3-5-8-18)12-17(13-25)22(28)26-21-19(23)9-6-10-20(21)24/h3-12H,1-2H3,(H,26,28)/b17-12+. The van der Waals surface area contributed by atoms with E-state index in [-0.39, 0.29) is 11.3 Å². The molecule has 1 amide bonds. The molecule has 0 saturated heterocycles. The van der Waals surface area contributed by atoms with Crippen molar-refractivity contribution in [2.75, 3.05) is 5.32 Å². The summed E-state index contributed by atoms with van der Waals surface area (Å²) >= 11 is 12.2. The molecule has 0 aliphatic carbocycles. The summed E-state index contributed by atoms with van der Waals surface area (Å²) in [5.41, 5.74) is 3.99. The summed E-state index contributed by atoms with van der Waals surface area (Å²) in [6, 6.07) is 18.7. The second kappa shape index (κ2) is 8.35. The molecule has 4 nitrogen and oxygen atoms in total. The summed E-state index contributed by atoms with van der Waals surface area (Å²) in [6.45, 7) is 3.93. The van der Waals surface area contributed by atoms with Crippen molar-refractivity contribution in [3.8, 4) is 11.8 Å². The van der Waals surface area contributed by atoms with Crippen LogP contribution in [0.15, 0.2) is 60.2 Å². The first kappa shape index (κ1) is 19.8. The molecule has 28 heavy (non-hydrogen) atoms. The second-order valence-electron chi connectivity index (χ2n) is 6.22. The lowest BCUT2D eigenvalue weighted by atomic mass is 10.1. The molecule has 0 atom stereocenters. The minimum atomic E-state index is -0.568. The minimum Gasteiger partial charge on any atom is -0.319 e. The number of aromatic nitrogens is 1. The van der Waals surface area contributed by atoms with E-state index in [9.17, 15) is 10.1 Å². The van der Waals surface area contributed by atoms with Gasteiger partial charge in [-0.2, -0.15) is 5.26 Å². The fourth-order valence-corrected chi connectivity index (χ4v) is 3.50. The second-order valence-corrected chi connectivity index (χ2v) is 7.03. The molecule has 0 fully saturated rings. The fourth-order valence-electron chi connectivity index (χ4n) is 3.01. The van der Waals surface area contributed by atoms with Crippen LogP contribution < -0.4 is 5.32 Å². The lowest BCUT2D eigenvalue weighted by Gasteiger charge is -2.09. The van der Waals surface area contributed by atoms with Crippen LogP contribution in [-0.2, 0) is 4.79 Å². The van der Waals surface area contributed by atoms with Gasteiger partial charge in [0.25, 0.3) is 5.91 Å². The maximum atomic E-state index is 12.6. The molecule has 2 aromatic carbocycles. The van der Waals surface area contributed by atoms with Crippen LogP contribution in [0.3, 0.4) is 0 Å². The quantitative estimate of drug-likeness (QED) is 0.427. The van der Waals surface area contributed by atoms with Crippen molar-refractivity contribution >= 4 is 40.9 Å². The van der Waals surface area contributed by atoms with Crippen molar-refractivity contribution < 1.29 is 4.79 Å². The number of halogens is 2. The maximum Gasteiger partial charge on any atom is 0.266 e. The van der Waals surface area contributed by atoms with Crippen LogP contribution in [0.4, 0.5) is 5.69 Å². The minimum absolute atomic E-state index is 0.0377. The Kier molecular flexibility index (Phi) is 5.89. The monoisotopic (exact) mass is 409 g/mol. The largest absolute Gasteiger partial charge is 0.319 e. The van der Waals surface area contributed by atoms with E-state index in [0.29, 0.717) is 10.0 Å². The molecule has 0 aliphatic rings. The number of carbonyl (C=O) groups excluding carboxylic acids is 1. The van der Waals surface area contributed by atoms with Crippen LogP contribution in [0.1, 0.15) is 17.0 Å². The van der Waals surface area contributed by atoms with Crippen molar-refractivity contribution in [1.29, 1.82) is 5.26 Å². The number of hydrogen-bond acceptors (Lipinski definition) is 2. The third-order valence-electron chi connectivity index (χ3n) is 4.35. The Bertz CT molecular complexity index is 1090. The first-order valence-electron chi connectivity index (χ1n) is 8.54. The molecule has 0 unspecified atom stereocenters. The Morgan fingerprint density at radius 3 is 2.32 bits per heavy atom. The first-order chi connectivity index (χ1) is 13.4. The van der Waals surface area contributed by atoms with Gasteiger partial charge in [-0.15, -0.1) is 0 Å². The normalized spacial score (nSPS) is 11.2. The van der Waals surface area contributed by atoms with E-state index < -0.39 is 5.91 Å². The van der Waals surface area contributed by atoms with Crippen LogP contribution in [0.25, 0.3) is 11.8 Å². The molecule has 1 heterocycles. The molecule has 3 aromatic rings. The average molecular weight is 410 g/mol. The van der Waals surface area contributed by atoms with Crippen molar-refractivity contribution in [1.82, 2.24) is 4.57 Å². The Morgan fingerprint density at radius 2 is 1.71 bits per heavy atom. The summed E-state index contributed by atoms with van der Waals surface area (Å²) in [4.78, 5) is 12.6. The number of carbonyl (C=O) groups is 1. The third kappa shape index (κ3) is 3.96. The van der Waals surface area contributed by atoms with Gasteiger partial charge in [-0.05, 0) is 55.8 Å². The highest BCUT2D eigenvalue weighted by atomic mass is 35.5. The third-order valence-corrected chi connectivity index (χ3v) is 4.98. The molecule has 140 valence electrons.